The number of rotatable bonds is 3. The van der Waals surface area contributed by atoms with Crippen LogP contribution in [0.15, 0.2) is 36.4 Å². The number of nitriles is 1. The maximum Gasteiger partial charge on any atom is 0.140 e. The van der Waals surface area contributed by atoms with Gasteiger partial charge in [-0.3, -0.25) is 0 Å². The van der Waals surface area contributed by atoms with Crippen molar-refractivity contribution in [3.63, 3.8) is 0 Å². The van der Waals surface area contributed by atoms with Crippen molar-refractivity contribution in [2.24, 2.45) is 5.73 Å². The lowest BCUT2D eigenvalue weighted by atomic mass is 10.1. The third-order valence-electron chi connectivity index (χ3n) is 3.80. The van der Waals surface area contributed by atoms with Crippen LogP contribution in [0.5, 0.6) is 5.75 Å². The van der Waals surface area contributed by atoms with Crippen LogP contribution in [-0.4, -0.2) is 0 Å². The third kappa shape index (κ3) is 2.74. The molecular formula is C17H15FN2O. The second-order valence-corrected chi connectivity index (χ2v) is 5.22. The SMILES string of the molecule is N#Cc1cc(COc2ccc3c(c2)CCC3N)ccc1F. The van der Waals surface area contributed by atoms with Gasteiger partial charge in [0.15, 0.2) is 0 Å². The predicted molar refractivity (Wildman–Crippen MR) is 77.1 cm³/mol. The van der Waals surface area contributed by atoms with E-state index in [0.717, 1.165) is 24.2 Å². The lowest BCUT2D eigenvalue weighted by Crippen LogP contribution is -2.05. The second kappa shape index (κ2) is 5.55. The van der Waals surface area contributed by atoms with Gasteiger partial charge >= 0.3 is 0 Å². The summed E-state index contributed by atoms with van der Waals surface area (Å²) in [5, 5.41) is 8.82. The zero-order valence-corrected chi connectivity index (χ0v) is 11.5. The summed E-state index contributed by atoms with van der Waals surface area (Å²) < 4.78 is 19.0. The number of fused-ring (bicyclic) bond motifs is 1. The highest BCUT2D eigenvalue weighted by Crippen LogP contribution is 2.32. The van der Waals surface area contributed by atoms with Crippen LogP contribution in [-0.2, 0) is 13.0 Å². The summed E-state index contributed by atoms with van der Waals surface area (Å²) in [6, 6.07) is 12.3. The molecule has 2 aromatic carbocycles. The Morgan fingerprint density at radius 1 is 1.29 bits per heavy atom. The number of aryl methyl sites for hydroxylation is 1. The number of nitrogens with zero attached hydrogens (tertiary/aromatic N) is 1. The molecule has 0 spiro atoms. The van der Waals surface area contributed by atoms with E-state index >= 15 is 0 Å². The summed E-state index contributed by atoms with van der Waals surface area (Å²) >= 11 is 0. The van der Waals surface area contributed by atoms with Gasteiger partial charge in [-0.05, 0) is 53.8 Å². The Hall–Kier alpha value is -2.38. The van der Waals surface area contributed by atoms with E-state index in [0.29, 0.717) is 6.61 Å². The van der Waals surface area contributed by atoms with Crippen LogP contribution in [0.3, 0.4) is 0 Å². The van der Waals surface area contributed by atoms with E-state index in [4.69, 9.17) is 15.7 Å². The standard InChI is InChI=1S/C17H15FN2O/c18-16-5-1-11(7-13(16)9-19)10-21-14-3-4-15-12(8-14)2-6-17(15)20/h1,3-5,7-8,17H,2,6,10,20H2. The minimum atomic E-state index is -0.507. The van der Waals surface area contributed by atoms with Crippen molar-refractivity contribution < 1.29 is 9.13 Å². The average Bonchev–Trinajstić information content (AvgIpc) is 2.87. The van der Waals surface area contributed by atoms with Crippen LogP contribution in [0.25, 0.3) is 0 Å². The average molecular weight is 282 g/mol. The maximum atomic E-state index is 13.2. The molecular weight excluding hydrogens is 267 g/mol. The van der Waals surface area contributed by atoms with Crippen LogP contribution in [0.2, 0.25) is 0 Å². The monoisotopic (exact) mass is 282 g/mol. The summed E-state index contributed by atoms with van der Waals surface area (Å²) in [4.78, 5) is 0. The maximum absolute atomic E-state index is 13.2. The van der Waals surface area contributed by atoms with Gasteiger partial charge in [0.1, 0.15) is 24.2 Å². The Labute approximate surface area is 122 Å². The van der Waals surface area contributed by atoms with Gasteiger partial charge < -0.3 is 10.5 Å². The van der Waals surface area contributed by atoms with E-state index in [9.17, 15) is 4.39 Å². The lowest BCUT2D eigenvalue weighted by molar-refractivity contribution is 0.305. The minimum absolute atomic E-state index is 0.0380. The first kappa shape index (κ1) is 13.6. The van der Waals surface area contributed by atoms with E-state index in [2.05, 4.69) is 0 Å². The van der Waals surface area contributed by atoms with Crippen LogP contribution >= 0.6 is 0 Å². The van der Waals surface area contributed by atoms with Crippen LogP contribution in [0.4, 0.5) is 4.39 Å². The first-order valence-corrected chi connectivity index (χ1v) is 6.87. The molecule has 2 N–H and O–H groups in total. The first-order chi connectivity index (χ1) is 10.2. The van der Waals surface area contributed by atoms with Crippen molar-refractivity contribution in [3.05, 3.63) is 64.5 Å². The zero-order chi connectivity index (χ0) is 14.8. The van der Waals surface area contributed by atoms with Gasteiger partial charge in [-0.2, -0.15) is 5.26 Å². The van der Waals surface area contributed by atoms with E-state index in [-0.39, 0.29) is 11.6 Å². The Bertz CT molecular complexity index is 721. The molecule has 4 heteroatoms. The number of halogens is 1. The van der Waals surface area contributed by atoms with Crippen molar-refractivity contribution in [1.82, 2.24) is 0 Å². The van der Waals surface area contributed by atoms with E-state index in [1.165, 1.54) is 23.3 Å². The molecule has 2 aromatic rings. The summed E-state index contributed by atoms with van der Waals surface area (Å²) in [6.07, 6.45) is 1.95. The molecule has 0 aliphatic heterocycles. The Kier molecular flexibility index (Phi) is 3.59. The van der Waals surface area contributed by atoms with Crippen molar-refractivity contribution >= 4 is 0 Å². The highest BCUT2D eigenvalue weighted by Gasteiger charge is 2.19. The quantitative estimate of drug-likeness (QED) is 0.940. The summed E-state index contributed by atoms with van der Waals surface area (Å²) in [7, 11) is 0. The summed E-state index contributed by atoms with van der Waals surface area (Å²) in [5.74, 6) is 0.262. The summed E-state index contributed by atoms with van der Waals surface area (Å²) in [5.41, 5.74) is 9.23. The molecule has 1 unspecified atom stereocenters. The zero-order valence-electron chi connectivity index (χ0n) is 11.5. The van der Waals surface area contributed by atoms with Gasteiger partial charge in [-0.25, -0.2) is 4.39 Å². The molecule has 0 fully saturated rings. The molecule has 1 aliphatic rings. The van der Waals surface area contributed by atoms with E-state index in [1.807, 2.05) is 24.3 Å². The van der Waals surface area contributed by atoms with Gasteiger partial charge in [0.05, 0.1) is 5.56 Å². The van der Waals surface area contributed by atoms with Crippen LogP contribution in [0, 0.1) is 17.1 Å². The summed E-state index contributed by atoms with van der Waals surface area (Å²) in [6.45, 7) is 0.305. The topological polar surface area (TPSA) is 59.0 Å². The van der Waals surface area contributed by atoms with Gasteiger partial charge in [-0.1, -0.05) is 12.1 Å². The molecule has 1 atom stereocenters. The Morgan fingerprint density at radius 2 is 2.14 bits per heavy atom. The Morgan fingerprint density at radius 3 is 2.95 bits per heavy atom. The molecule has 0 radical (unpaired) electrons. The molecule has 0 saturated heterocycles. The predicted octanol–water partition coefficient (Wildman–Crippen LogP) is 3.22. The molecule has 0 bridgehead atoms. The molecule has 0 amide bonds. The second-order valence-electron chi connectivity index (χ2n) is 5.22. The van der Waals surface area contributed by atoms with Crippen molar-refractivity contribution in [1.29, 1.82) is 5.26 Å². The smallest absolute Gasteiger partial charge is 0.140 e. The van der Waals surface area contributed by atoms with Gasteiger partial charge in [0, 0.05) is 6.04 Å². The fourth-order valence-electron chi connectivity index (χ4n) is 2.63. The van der Waals surface area contributed by atoms with Crippen molar-refractivity contribution in [2.45, 2.75) is 25.5 Å². The number of nitrogens with two attached hydrogens (primary N) is 1. The molecule has 106 valence electrons. The third-order valence-corrected chi connectivity index (χ3v) is 3.80. The lowest BCUT2D eigenvalue weighted by Gasteiger charge is -2.10. The Balaban J connectivity index is 1.72. The van der Waals surface area contributed by atoms with Gasteiger partial charge in [0.2, 0.25) is 0 Å². The fraction of sp³-hybridized carbons (Fsp3) is 0.235. The number of hydrogen-bond acceptors (Lipinski definition) is 3. The molecule has 3 rings (SSSR count). The van der Waals surface area contributed by atoms with Crippen molar-refractivity contribution in [3.8, 4) is 11.8 Å². The molecule has 0 aromatic heterocycles. The fourth-order valence-corrected chi connectivity index (χ4v) is 2.63. The van der Waals surface area contributed by atoms with Gasteiger partial charge in [0.25, 0.3) is 0 Å². The number of ether oxygens (including phenoxy) is 1. The normalized spacial score (nSPS) is 16.3. The highest BCUT2D eigenvalue weighted by molar-refractivity contribution is 5.40. The molecule has 21 heavy (non-hydrogen) atoms. The largest absolute Gasteiger partial charge is 0.489 e. The molecule has 0 saturated carbocycles. The number of benzene rings is 2. The van der Waals surface area contributed by atoms with E-state index in [1.54, 1.807) is 6.07 Å². The van der Waals surface area contributed by atoms with Gasteiger partial charge in [-0.15, -0.1) is 0 Å². The number of hydrogen-bond donors (Lipinski definition) is 1. The molecule has 0 heterocycles. The van der Waals surface area contributed by atoms with Crippen LogP contribution < -0.4 is 10.5 Å². The molecule has 3 nitrogen and oxygen atoms in total. The molecule has 1 aliphatic carbocycles. The van der Waals surface area contributed by atoms with Crippen LogP contribution in [0.1, 0.15) is 34.7 Å². The minimum Gasteiger partial charge on any atom is -0.489 e. The van der Waals surface area contributed by atoms with E-state index < -0.39 is 5.82 Å². The van der Waals surface area contributed by atoms with Crippen molar-refractivity contribution in [2.75, 3.05) is 0 Å². The first-order valence-electron chi connectivity index (χ1n) is 6.87. The highest BCUT2D eigenvalue weighted by atomic mass is 19.1.